The third kappa shape index (κ3) is 6.31. The first-order valence-electron chi connectivity index (χ1n) is 13.6. The minimum Gasteiger partial charge on any atom is -0.543 e. The number of nitrogen functional groups attached to an aromatic ring is 1. The Morgan fingerprint density at radius 2 is 1.95 bits per heavy atom. The van der Waals surface area contributed by atoms with Crippen molar-refractivity contribution in [1.82, 2.24) is 19.6 Å². The summed E-state index contributed by atoms with van der Waals surface area (Å²) in [6.07, 6.45) is 5.55. The SMILES string of the molecule is CC(C)(O/N=C(\C(=O)NC1C(=O)N2C(C(=O)[O-])=C(C[n+]3ccc(N4CCC(N)CC4)cc3)CSC12)c1nsc(N)n1)C(=O)O. The molecule has 5 heterocycles. The molecule has 3 aliphatic rings. The van der Waals surface area contributed by atoms with Gasteiger partial charge in [-0.05, 0) is 26.7 Å². The van der Waals surface area contributed by atoms with Crippen molar-refractivity contribution in [1.29, 1.82) is 0 Å². The second-order valence-corrected chi connectivity index (χ2v) is 12.8. The Morgan fingerprint density at radius 1 is 1.27 bits per heavy atom. The first kappa shape index (κ1) is 31.1. The zero-order valence-corrected chi connectivity index (χ0v) is 25.5. The number of hydrogen-bond donors (Lipinski definition) is 4. The lowest BCUT2D eigenvalue weighted by atomic mass is 10.0. The van der Waals surface area contributed by atoms with Gasteiger partial charge in [0, 0.05) is 59.8 Å². The van der Waals surface area contributed by atoms with Crippen LogP contribution in [-0.4, -0.2) is 90.7 Å². The molecule has 18 heteroatoms. The monoisotopic (exact) mass is 645 g/mol. The van der Waals surface area contributed by atoms with E-state index >= 15 is 0 Å². The number of nitrogens with zero attached hydrogens (tertiary/aromatic N) is 6. The molecule has 6 N–H and O–H groups in total. The summed E-state index contributed by atoms with van der Waals surface area (Å²) in [5.41, 5.74) is 10.7. The molecule has 16 nitrogen and oxygen atoms in total. The van der Waals surface area contributed by atoms with Crippen molar-refractivity contribution in [2.75, 3.05) is 29.5 Å². The molecule has 2 amide bonds. The number of aliphatic carboxylic acids is 2. The largest absolute Gasteiger partial charge is 0.543 e. The fourth-order valence-corrected chi connectivity index (χ4v) is 6.63. The smallest absolute Gasteiger partial charge is 0.350 e. The van der Waals surface area contributed by atoms with Crippen LogP contribution in [0.5, 0.6) is 0 Å². The third-order valence-corrected chi connectivity index (χ3v) is 9.31. The lowest BCUT2D eigenvalue weighted by molar-refractivity contribution is -0.689. The van der Waals surface area contributed by atoms with Crippen molar-refractivity contribution < 1.29 is 38.8 Å². The second-order valence-electron chi connectivity index (χ2n) is 11.0. The Kier molecular flexibility index (Phi) is 8.76. The average Bonchev–Trinajstić information content (AvgIpc) is 3.41. The summed E-state index contributed by atoms with van der Waals surface area (Å²) in [6, 6.07) is 3.03. The summed E-state index contributed by atoms with van der Waals surface area (Å²) >= 11 is 2.06. The van der Waals surface area contributed by atoms with E-state index in [1.54, 1.807) is 0 Å². The highest BCUT2D eigenvalue weighted by Gasteiger charge is 2.53. The summed E-state index contributed by atoms with van der Waals surface area (Å²) < 4.78 is 5.77. The van der Waals surface area contributed by atoms with Crippen LogP contribution < -0.4 is 31.4 Å². The highest BCUT2D eigenvalue weighted by molar-refractivity contribution is 8.00. The van der Waals surface area contributed by atoms with Crippen molar-refractivity contribution in [3.63, 3.8) is 0 Å². The number of nitrogens with two attached hydrogens (primary N) is 2. The molecule has 0 bridgehead atoms. The normalized spacial score (nSPS) is 21.1. The van der Waals surface area contributed by atoms with E-state index in [2.05, 4.69) is 24.7 Å². The number of nitrogens with one attached hydrogen (secondary N) is 1. The molecular formula is C26H31N9O7S2. The van der Waals surface area contributed by atoms with Crippen LogP contribution in [0.1, 0.15) is 32.5 Å². The fourth-order valence-electron chi connectivity index (χ4n) is 4.86. The Hall–Kier alpha value is -4.29. The van der Waals surface area contributed by atoms with E-state index in [4.69, 9.17) is 16.3 Å². The van der Waals surface area contributed by atoms with Crippen molar-refractivity contribution in [2.24, 2.45) is 10.9 Å². The summed E-state index contributed by atoms with van der Waals surface area (Å²) in [5, 5.41) is 27.1. The predicted octanol–water partition coefficient (Wildman–Crippen LogP) is -1.98. The average molecular weight is 646 g/mol. The Bertz CT molecular complexity index is 1530. The number of carbonyl (C=O) groups is 4. The number of oxime groups is 1. The van der Waals surface area contributed by atoms with Gasteiger partial charge in [0.2, 0.25) is 17.1 Å². The molecule has 0 saturated carbocycles. The quantitative estimate of drug-likeness (QED) is 0.0951. The van der Waals surface area contributed by atoms with Gasteiger partial charge in [0.25, 0.3) is 11.8 Å². The highest BCUT2D eigenvalue weighted by atomic mass is 32.2. The van der Waals surface area contributed by atoms with Gasteiger partial charge in [-0.3, -0.25) is 14.5 Å². The molecule has 2 saturated heterocycles. The highest BCUT2D eigenvalue weighted by Crippen LogP contribution is 2.40. The van der Waals surface area contributed by atoms with Gasteiger partial charge < -0.3 is 41.5 Å². The van der Waals surface area contributed by atoms with E-state index in [-0.39, 0.29) is 35.0 Å². The van der Waals surface area contributed by atoms with Gasteiger partial charge >= 0.3 is 5.97 Å². The molecule has 2 aromatic heterocycles. The van der Waals surface area contributed by atoms with E-state index < -0.39 is 46.5 Å². The minimum atomic E-state index is -1.79. The lowest BCUT2D eigenvalue weighted by Gasteiger charge is -2.50. The zero-order valence-electron chi connectivity index (χ0n) is 23.8. The molecule has 3 aliphatic heterocycles. The Balaban J connectivity index is 1.30. The Labute approximate surface area is 259 Å². The minimum absolute atomic E-state index is 0.0201. The predicted molar refractivity (Wildman–Crippen MR) is 157 cm³/mol. The van der Waals surface area contributed by atoms with Crippen molar-refractivity contribution >= 4 is 63.6 Å². The van der Waals surface area contributed by atoms with E-state index in [1.807, 2.05) is 29.1 Å². The number of amides is 2. The maximum atomic E-state index is 13.2. The van der Waals surface area contributed by atoms with Crippen LogP contribution in [-0.2, 0) is 30.6 Å². The van der Waals surface area contributed by atoms with E-state index in [1.165, 1.54) is 25.6 Å². The summed E-state index contributed by atoms with van der Waals surface area (Å²) in [5.74, 6) is -4.39. The van der Waals surface area contributed by atoms with Crippen molar-refractivity contribution in [3.8, 4) is 0 Å². The molecular weight excluding hydrogens is 614 g/mol. The number of carboxylic acid groups (broad SMARTS) is 2. The van der Waals surface area contributed by atoms with Crippen molar-refractivity contribution in [2.45, 2.75) is 56.3 Å². The number of fused-ring (bicyclic) bond motifs is 1. The molecule has 2 aromatic rings. The molecule has 234 valence electrons. The van der Waals surface area contributed by atoms with Gasteiger partial charge in [-0.15, -0.1) is 11.8 Å². The number of carboxylic acids is 2. The number of hydrogen-bond acceptors (Lipinski definition) is 14. The topological polar surface area (TPSA) is 233 Å². The number of thioether (sulfide) groups is 1. The number of aromatic nitrogens is 3. The molecule has 0 aromatic carbocycles. The van der Waals surface area contributed by atoms with Gasteiger partial charge in [0.05, 0.1) is 11.7 Å². The van der Waals surface area contributed by atoms with E-state index in [0.29, 0.717) is 5.57 Å². The molecule has 2 fully saturated rings. The van der Waals surface area contributed by atoms with E-state index in [0.717, 1.165) is 48.1 Å². The number of anilines is 2. The first-order valence-corrected chi connectivity index (χ1v) is 15.5. The van der Waals surface area contributed by atoms with Crippen LogP contribution in [0.25, 0.3) is 0 Å². The van der Waals surface area contributed by atoms with Gasteiger partial charge in [-0.1, -0.05) is 5.16 Å². The molecule has 0 spiro atoms. The number of rotatable bonds is 10. The van der Waals surface area contributed by atoms with Crippen LogP contribution in [0, 0.1) is 0 Å². The molecule has 2 unspecified atom stereocenters. The van der Waals surface area contributed by atoms with Gasteiger partial charge in [0.15, 0.2) is 24.1 Å². The van der Waals surface area contributed by atoms with Gasteiger partial charge in [0.1, 0.15) is 11.4 Å². The standard InChI is InChI=1S/C26H31N9O7S2/c1-26(2,24(40)41)42-31-16(19-30-25(28)44-32-19)20(36)29-17-21(37)35-18(23(38)39)13(12-43-22(17)35)11-33-7-5-15(6-8-33)34-9-3-14(27)4-10-34/h5-8,14,17,22H,3-4,9-12,27H2,1-2H3,(H4-,28,29,30,32,36,38,39,40,41)/b31-16-. The van der Waals surface area contributed by atoms with E-state index in [9.17, 15) is 29.4 Å². The number of piperidine rings is 1. The van der Waals surface area contributed by atoms with Gasteiger partial charge in [-0.2, -0.15) is 9.36 Å². The van der Waals surface area contributed by atoms with Gasteiger partial charge in [-0.25, -0.2) is 9.36 Å². The molecule has 5 rings (SSSR count). The second kappa shape index (κ2) is 12.4. The van der Waals surface area contributed by atoms with Crippen LogP contribution >= 0.6 is 23.3 Å². The number of carbonyl (C=O) groups excluding carboxylic acids is 3. The van der Waals surface area contributed by atoms with Crippen molar-refractivity contribution in [3.05, 3.63) is 41.6 Å². The maximum Gasteiger partial charge on any atom is 0.350 e. The van der Waals surface area contributed by atoms with Crippen LogP contribution in [0.2, 0.25) is 0 Å². The Morgan fingerprint density at radius 3 is 2.55 bits per heavy atom. The fraction of sp³-hybridized carbons (Fsp3) is 0.462. The number of pyridine rings is 1. The zero-order chi connectivity index (χ0) is 31.8. The summed E-state index contributed by atoms with van der Waals surface area (Å²) in [4.78, 5) is 62.5. The first-order chi connectivity index (χ1) is 20.9. The molecule has 0 aliphatic carbocycles. The molecule has 44 heavy (non-hydrogen) atoms. The molecule has 2 atom stereocenters. The van der Waals surface area contributed by atoms with Crippen LogP contribution in [0.4, 0.5) is 10.8 Å². The van der Waals surface area contributed by atoms with Crippen LogP contribution in [0.15, 0.2) is 41.0 Å². The van der Waals surface area contributed by atoms with Crippen LogP contribution in [0.3, 0.4) is 0 Å². The maximum absolute atomic E-state index is 13.2. The number of β-lactam (4-membered cyclic amide) rings is 1. The summed E-state index contributed by atoms with van der Waals surface area (Å²) in [6.45, 7) is 4.41. The molecule has 0 radical (unpaired) electrons. The third-order valence-electron chi connectivity index (χ3n) is 7.43. The summed E-state index contributed by atoms with van der Waals surface area (Å²) in [7, 11) is 0. The lowest BCUT2D eigenvalue weighted by Crippen LogP contribution is -2.71.